The molecule has 1 aromatic rings. The molecule has 1 aliphatic heterocycles. The summed E-state index contributed by atoms with van der Waals surface area (Å²) < 4.78 is 10.7. The number of fused-ring (bicyclic) bond motifs is 1. The van der Waals surface area contributed by atoms with Crippen molar-refractivity contribution in [2.24, 2.45) is 0 Å². The van der Waals surface area contributed by atoms with Crippen molar-refractivity contribution in [3.05, 3.63) is 35.4 Å². The van der Waals surface area contributed by atoms with Gasteiger partial charge in [-0.25, -0.2) is 0 Å². The Balaban J connectivity index is 2.03. The van der Waals surface area contributed by atoms with Gasteiger partial charge in [-0.3, -0.25) is 14.5 Å². The fourth-order valence-electron chi connectivity index (χ4n) is 3.00. The van der Waals surface area contributed by atoms with Crippen LogP contribution in [-0.2, 0) is 16.0 Å². The zero-order valence-corrected chi connectivity index (χ0v) is 11.4. The molecule has 0 fully saturated rings. The van der Waals surface area contributed by atoms with Gasteiger partial charge < -0.3 is 9.47 Å². The molecule has 3 rings (SSSR count). The van der Waals surface area contributed by atoms with E-state index in [9.17, 15) is 9.59 Å². The van der Waals surface area contributed by atoms with Gasteiger partial charge in [-0.05, 0) is 24.5 Å². The molecule has 1 atom stereocenters. The van der Waals surface area contributed by atoms with Gasteiger partial charge in [0.25, 0.3) is 11.8 Å². The Hall–Kier alpha value is -2.30. The van der Waals surface area contributed by atoms with E-state index in [1.54, 1.807) is 14.2 Å². The Kier molecular flexibility index (Phi) is 2.97. The van der Waals surface area contributed by atoms with Crippen LogP contribution in [0.5, 0.6) is 11.5 Å². The van der Waals surface area contributed by atoms with E-state index in [4.69, 9.17) is 9.47 Å². The number of hydrogen-bond donors (Lipinski definition) is 0. The normalized spacial score (nSPS) is 20.5. The fraction of sp³-hybridized carbons (Fsp3) is 0.333. The highest BCUT2D eigenvalue weighted by Crippen LogP contribution is 2.45. The first-order valence-corrected chi connectivity index (χ1v) is 6.46. The zero-order valence-electron chi connectivity index (χ0n) is 11.4. The molecule has 5 heteroatoms. The van der Waals surface area contributed by atoms with Crippen LogP contribution in [0.4, 0.5) is 0 Å². The number of carbonyl (C=O) groups excluding carboxylic acids is 2. The van der Waals surface area contributed by atoms with Crippen molar-refractivity contribution in [1.82, 2.24) is 4.90 Å². The fourth-order valence-corrected chi connectivity index (χ4v) is 3.00. The lowest BCUT2D eigenvalue weighted by atomic mass is 10.1. The van der Waals surface area contributed by atoms with Gasteiger partial charge in [-0.15, -0.1) is 0 Å². The van der Waals surface area contributed by atoms with Gasteiger partial charge in [-0.2, -0.15) is 0 Å². The molecule has 0 bridgehead atoms. The summed E-state index contributed by atoms with van der Waals surface area (Å²) in [6.07, 6.45) is 4.12. The smallest absolute Gasteiger partial charge is 0.254 e. The van der Waals surface area contributed by atoms with Crippen molar-refractivity contribution in [2.75, 3.05) is 14.2 Å². The third-order valence-corrected chi connectivity index (χ3v) is 3.87. The molecule has 20 heavy (non-hydrogen) atoms. The maximum atomic E-state index is 11.8. The first-order chi connectivity index (χ1) is 9.67. The van der Waals surface area contributed by atoms with Gasteiger partial charge in [0, 0.05) is 17.7 Å². The number of imide groups is 1. The minimum absolute atomic E-state index is 0.209. The molecule has 1 aliphatic carbocycles. The predicted molar refractivity (Wildman–Crippen MR) is 71.6 cm³/mol. The highest BCUT2D eigenvalue weighted by Gasteiger charge is 2.37. The van der Waals surface area contributed by atoms with Crippen LogP contribution >= 0.6 is 0 Å². The lowest BCUT2D eigenvalue weighted by Gasteiger charge is -2.23. The van der Waals surface area contributed by atoms with Crippen LogP contribution in [0.1, 0.15) is 23.6 Å². The van der Waals surface area contributed by atoms with Crippen LogP contribution in [0.2, 0.25) is 0 Å². The maximum absolute atomic E-state index is 11.8. The second kappa shape index (κ2) is 4.67. The van der Waals surface area contributed by atoms with Crippen LogP contribution in [0.15, 0.2) is 24.3 Å². The van der Waals surface area contributed by atoms with E-state index in [2.05, 4.69) is 0 Å². The summed E-state index contributed by atoms with van der Waals surface area (Å²) in [6.45, 7) is 0. The first kappa shape index (κ1) is 12.7. The van der Waals surface area contributed by atoms with Gasteiger partial charge in [0.05, 0.1) is 20.3 Å². The standard InChI is InChI=1S/C15H15NO4/c1-19-12-6-4-9-10(15(12)20-2)3-5-11(9)16-13(17)7-8-14(16)18/h4,6-8,11H,3,5H2,1-2H3/t11-/m0/s1. The second-order valence-corrected chi connectivity index (χ2v) is 4.80. The molecule has 0 N–H and O–H groups in total. The lowest BCUT2D eigenvalue weighted by molar-refractivity contribution is -0.139. The highest BCUT2D eigenvalue weighted by molar-refractivity contribution is 6.13. The molecule has 0 aromatic heterocycles. The monoisotopic (exact) mass is 273 g/mol. The zero-order chi connectivity index (χ0) is 14.3. The second-order valence-electron chi connectivity index (χ2n) is 4.80. The van der Waals surface area contributed by atoms with Gasteiger partial charge in [-0.1, -0.05) is 6.07 Å². The third kappa shape index (κ3) is 1.70. The minimum Gasteiger partial charge on any atom is -0.493 e. The van der Waals surface area contributed by atoms with Gasteiger partial charge >= 0.3 is 0 Å². The summed E-state index contributed by atoms with van der Waals surface area (Å²) >= 11 is 0. The van der Waals surface area contributed by atoms with Crippen LogP contribution in [-0.4, -0.2) is 30.9 Å². The van der Waals surface area contributed by atoms with Crippen molar-refractivity contribution >= 4 is 11.8 Å². The largest absolute Gasteiger partial charge is 0.493 e. The number of methoxy groups -OCH3 is 2. The van der Waals surface area contributed by atoms with E-state index >= 15 is 0 Å². The van der Waals surface area contributed by atoms with E-state index < -0.39 is 0 Å². The highest BCUT2D eigenvalue weighted by atomic mass is 16.5. The number of amides is 2. The topological polar surface area (TPSA) is 55.8 Å². The Morgan fingerprint density at radius 2 is 1.80 bits per heavy atom. The predicted octanol–water partition coefficient (Wildman–Crippen LogP) is 1.62. The molecule has 2 amide bonds. The summed E-state index contributed by atoms with van der Waals surface area (Å²) in [6, 6.07) is 3.52. The average Bonchev–Trinajstić information content (AvgIpc) is 3.01. The summed E-state index contributed by atoms with van der Waals surface area (Å²) in [4.78, 5) is 25.0. The Bertz CT molecular complexity index is 603. The van der Waals surface area contributed by atoms with Crippen LogP contribution < -0.4 is 9.47 Å². The quantitative estimate of drug-likeness (QED) is 0.785. The van der Waals surface area contributed by atoms with Crippen molar-refractivity contribution < 1.29 is 19.1 Å². The summed E-state index contributed by atoms with van der Waals surface area (Å²) in [5, 5.41) is 0. The number of carbonyl (C=O) groups is 2. The molecule has 0 saturated heterocycles. The van der Waals surface area contributed by atoms with E-state index in [1.807, 2.05) is 12.1 Å². The Morgan fingerprint density at radius 1 is 1.10 bits per heavy atom. The molecule has 0 saturated carbocycles. The molecule has 5 nitrogen and oxygen atoms in total. The number of nitrogens with zero attached hydrogens (tertiary/aromatic N) is 1. The molecule has 0 spiro atoms. The van der Waals surface area contributed by atoms with E-state index in [0.29, 0.717) is 11.5 Å². The number of ether oxygens (including phenoxy) is 2. The van der Waals surface area contributed by atoms with Crippen molar-refractivity contribution in [2.45, 2.75) is 18.9 Å². The van der Waals surface area contributed by atoms with E-state index in [-0.39, 0.29) is 17.9 Å². The van der Waals surface area contributed by atoms with Gasteiger partial charge in [0.2, 0.25) is 0 Å². The summed E-state index contributed by atoms with van der Waals surface area (Å²) in [7, 11) is 3.19. The molecular formula is C15H15NO4. The van der Waals surface area contributed by atoms with Gasteiger partial charge in [0.15, 0.2) is 11.5 Å². The number of rotatable bonds is 3. The van der Waals surface area contributed by atoms with Crippen molar-refractivity contribution in [1.29, 1.82) is 0 Å². The lowest BCUT2D eigenvalue weighted by Crippen LogP contribution is -2.33. The Morgan fingerprint density at radius 3 is 2.40 bits per heavy atom. The van der Waals surface area contributed by atoms with Crippen LogP contribution in [0, 0.1) is 0 Å². The van der Waals surface area contributed by atoms with Crippen LogP contribution in [0.25, 0.3) is 0 Å². The van der Waals surface area contributed by atoms with Gasteiger partial charge in [0.1, 0.15) is 0 Å². The third-order valence-electron chi connectivity index (χ3n) is 3.87. The summed E-state index contributed by atoms with van der Waals surface area (Å²) in [5.74, 6) is 0.869. The number of hydrogen-bond acceptors (Lipinski definition) is 4. The molecular weight excluding hydrogens is 258 g/mol. The molecule has 0 unspecified atom stereocenters. The Labute approximate surface area is 116 Å². The molecule has 1 aromatic carbocycles. The van der Waals surface area contributed by atoms with Crippen LogP contribution in [0.3, 0.4) is 0 Å². The van der Waals surface area contributed by atoms with Crippen molar-refractivity contribution in [3.8, 4) is 11.5 Å². The summed E-state index contributed by atoms with van der Waals surface area (Å²) in [5.41, 5.74) is 1.98. The van der Waals surface area contributed by atoms with Crippen molar-refractivity contribution in [3.63, 3.8) is 0 Å². The molecule has 0 radical (unpaired) electrons. The minimum atomic E-state index is -0.248. The van der Waals surface area contributed by atoms with E-state index in [0.717, 1.165) is 24.0 Å². The molecule has 104 valence electrons. The molecule has 2 aliphatic rings. The maximum Gasteiger partial charge on any atom is 0.254 e. The number of benzene rings is 1. The van der Waals surface area contributed by atoms with E-state index in [1.165, 1.54) is 17.1 Å². The molecule has 1 heterocycles. The average molecular weight is 273 g/mol. The SMILES string of the molecule is COc1ccc2c(c1OC)CC[C@@H]2N1C(=O)C=CC1=O. The first-order valence-electron chi connectivity index (χ1n) is 6.46.